The molecule has 1 unspecified atom stereocenters. The Bertz CT molecular complexity index is 166. The van der Waals surface area contributed by atoms with Crippen molar-refractivity contribution in [3.05, 3.63) is 0 Å². The van der Waals surface area contributed by atoms with Gasteiger partial charge >= 0.3 is 5.97 Å². The number of esters is 1. The van der Waals surface area contributed by atoms with Gasteiger partial charge in [-0.2, -0.15) is 0 Å². The lowest BCUT2D eigenvalue weighted by molar-refractivity contribution is -0.237. The zero-order valence-electron chi connectivity index (χ0n) is 9.22. The predicted molar refractivity (Wildman–Crippen MR) is 51.3 cm³/mol. The minimum atomic E-state index is -0.755. The maximum Gasteiger partial charge on any atom is 0.305 e. The summed E-state index contributed by atoms with van der Waals surface area (Å²) in [5.74, 6) is -1.05. The summed E-state index contributed by atoms with van der Waals surface area (Å²) in [5, 5.41) is 0. The second kappa shape index (κ2) is 5.22. The molecular formula is C10H20O3. The number of carbonyl (C=O) groups is 1. The molecule has 0 aromatic rings. The molecule has 0 N–H and O–H groups in total. The average Bonchev–Trinajstić information content (AvgIpc) is 1.81. The van der Waals surface area contributed by atoms with Gasteiger partial charge < -0.3 is 9.47 Å². The second-order valence-electron chi connectivity index (χ2n) is 3.64. The summed E-state index contributed by atoms with van der Waals surface area (Å²) in [6.07, 6.45) is 1.72. The van der Waals surface area contributed by atoms with E-state index in [1.165, 1.54) is 6.92 Å². The minimum Gasteiger partial charge on any atom is -0.434 e. The number of rotatable bonds is 5. The summed E-state index contributed by atoms with van der Waals surface area (Å²) >= 11 is 0. The molecule has 0 bridgehead atoms. The summed E-state index contributed by atoms with van der Waals surface area (Å²) in [7, 11) is 0. The first-order valence-electron chi connectivity index (χ1n) is 4.77. The molecule has 3 heteroatoms. The van der Waals surface area contributed by atoms with Gasteiger partial charge in [0.2, 0.25) is 5.79 Å². The Hall–Kier alpha value is -0.570. The molecule has 0 rings (SSSR count). The molecule has 0 saturated carbocycles. The van der Waals surface area contributed by atoms with Crippen LogP contribution in [0.3, 0.4) is 0 Å². The van der Waals surface area contributed by atoms with Crippen LogP contribution in [0.15, 0.2) is 0 Å². The van der Waals surface area contributed by atoms with E-state index in [1.807, 2.05) is 20.8 Å². The van der Waals surface area contributed by atoms with Gasteiger partial charge in [-0.05, 0) is 20.3 Å². The van der Waals surface area contributed by atoms with Gasteiger partial charge in [0.1, 0.15) is 0 Å². The third-order valence-corrected chi connectivity index (χ3v) is 1.55. The molecule has 0 saturated heterocycles. The lowest BCUT2D eigenvalue weighted by Gasteiger charge is -2.30. The molecule has 78 valence electrons. The monoisotopic (exact) mass is 188 g/mol. The van der Waals surface area contributed by atoms with Gasteiger partial charge in [0.05, 0.1) is 6.10 Å². The van der Waals surface area contributed by atoms with Gasteiger partial charge in [-0.25, -0.2) is 0 Å². The standard InChI is InChI=1S/C10H20O3/c1-6-7-10(5,12-8(2)3)13-9(4)11/h8H,6-7H2,1-5H3. The molecule has 3 nitrogen and oxygen atoms in total. The van der Waals surface area contributed by atoms with Gasteiger partial charge in [0.15, 0.2) is 0 Å². The van der Waals surface area contributed by atoms with E-state index in [0.717, 1.165) is 12.8 Å². The van der Waals surface area contributed by atoms with Crippen molar-refractivity contribution in [2.45, 2.75) is 59.4 Å². The summed E-state index contributed by atoms with van der Waals surface area (Å²) < 4.78 is 10.7. The van der Waals surface area contributed by atoms with Crippen molar-refractivity contribution in [1.82, 2.24) is 0 Å². The van der Waals surface area contributed by atoms with E-state index in [-0.39, 0.29) is 12.1 Å². The minimum absolute atomic E-state index is 0.0656. The highest BCUT2D eigenvalue weighted by Gasteiger charge is 2.28. The third-order valence-electron chi connectivity index (χ3n) is 1.55. The first-order valence-corrected chi connectivity index (χ1v) is 4.77. The highest BCUT2D eigenvalue weighted by atomic mass is 16.7. The van der Waals surface area contributed by atoms with Crippen LogP contribution in [0.5, 0.6) is 0 Å². The molecule has 0 aromatic carbocycles. The van der Waals surface area contributed by atoms with Gasteiger partial charge in [-0.15, -0.1) is 0 Å². The normalized spacial score (nSPS) is 15.5. The fourth-order valence-corrected chi connectivity index (χ4v) is 1.39. The molecule has 0 spiro atoms. The Morgan fingerprint density at radius 3 is 2.31 bits per heavy atom. The third kappa shape index (κ3) is 5.64. The van der Waals surface area contributed by atoms with Crippen LogP contribution in [0.4, 0.5) is 0 Å². The van der Waals surface area contributed by atoms with Crippen LogP contribution >= 0.6 is 0 Å². The summed E-state index contributed by atoms with van der Waals surface area (Å²) in [6.45, 7) is 9.09. The molecule has 0 amide bonds. The van der Waals surface area contributed by atoms with Crippen LogP contribution in [-0.2, 0) is 14.3 Å². The van der Waals surface area contributed by atoms with Gasteiger partial charge in [0, 0.05) is 20.3 Å². The van der Waals surface area contributed by atoms with E-state index in [4.69, 9.17) is 9.47 Å². The molecule has 0 aliphatic carbocycles. The zero-order chi connectivity index (χ0) is 10.5. The van der Waals surface area contributed by atoms with Crippen molar-refractivity contribution in [1.29, 1.82) is 0 Å². The molecule has 0 aliphatic rings. The first-order chi connectivity index (χ1) is 5.89. The smallest absolute Gasteiger partial charge is 0.305 e. The van der Waals surface area contributed by atoms with Gasteiger partial charge in [-0.1, -0.05) is 6.92 Å². The maximum atomic E-state index is 10.8. The number of ether oxygens (including phenoxy) is 2. The van der Waals surface area contributed by atoms with E-state index in [2.05, 4.69) is 0 Å². The van der Waals surface area contributed by atoms with Crippen molar-refractivity contribution < 1.29 is 14.3 Å². The molecule has 13 heavy (non-hydrogen) atoms. The highest BCUT2D eigenvalue weighted by molar-refractivity contribution is 5.66. The van der Waals surface area contributed by atoms with Crippen LogP contribution in [0.25, 0.3) is 0 Å². The Morgan fingerprint density at radius 1 is 1.46 bits per heavy atom. The second-order valence-corrected chi connectivity index (χ2v) is 3.64. The molecule has 0 radical (unpaired) electrons. The Balaban J connectivity index is 4.23. The first kappa shape index (κ1) is 12.4. The largest absolute Gasteiger partial charge is 0.434 e. The van der Waals surface area contributed by atoms with E-state index in [1.54, 1.807) is 6.92 Å². The van der Waals surface area contributed by atoms with Crippen molar-refractivity contribution in [2.24, 2.45) is 0 Å². The number of carbonyl (C=O) groups excluding carboxylic acids is 1. The van der Waals surface area contributed by atoms with Crippen molar-refractivity contribution in [3.63, 3.8) is 0 Å². The summed E-state index contributed by atoms with van der Waals surface area (Å²) in [6, 6.07) is 0. The average molecular weight is 188 g/mol. The molecule has 1 atom stereocenters. The van der Waals surface area contributed by atoms with Crippen molar-refractivity contribution in [3.8, 4) is 0 Å². The quantitative estimate of drug-likeness (QED) is 0.491. The molecule has 0 fully saturated rings. The molecule has 0 aliphatic heterocycles. The molecular weight excluding hydrogens is 168 g/mol. The molecule has 0 aromatic heterocycles. The SMILES string of the molecule is CCCC(C)(OC(C)=O)OC(C)C. The van der Waals surface area contributed by atoms with E-state index >= 15 is 0 Å². The van der Waals surface area contributed by atoms with E-state index in [0.29, 0.717) is 0 Å². The van der Waals surface area contributed by atoms with Crippen LogP contribution in [0.1, 0.15) is 47.5 Å². The highest BCUT2D eigenvalue weighted by Crippen LogP contribution is 2.21. The van der Waals surface area contributed by atoms with Crippen LogP contribution in [0, 0.1) is 0 Å². The Kier molecular flexibility index (Phi) is 4.99. The summed E-state index contributed by atoms with van der Waals surface area (Å²) in [5.41, 5.74) is 0. The van der Waals surface area contributed by atoms with Crippen LogP contribution in [-0.4, -0.2) is 17.9 Å². The van der Waals surface area contributed by atoms with Crippen LogP contribution in [0.2, 0.25) is 0 Å². The number of hydrogen-bond donors (Lipinski definition) is 0. The van der Waals surface area contributed by atoms with E-state index in [9.17, 15) is 4.79 Å². The molecule has 0 heterocycles. The van der Waals surface area contributed by atoms with Gasteiger partial charge in [-0.3, -0.25) is 4.79 Å². The van der Waals surface area contributed by atoms with Crippen LogP contribution < -0.4 is 0 Å². The van der Waals surface area contributed by atoms with Crippen molar-refractivity contribution >= 4 is 5.97 Å². The summed E-state index contributed by atoms with van der Waals surface area (Å²) in [4.78, 5) is 10.8. The number of hydrogen-bond acceptors (Lipinski definition) is 3. The lowest BCUT2D eigenvalue weighted by atomic mass is 10.2. The Labute approximate surface area is 80.4 Å². The fraction of sp³-hybridized carbons (Fsp3) is 0.900. The fourth-order valence-electron chi connectivity index (χ4n) is 1.39. The lowest BCUT2D eigenvalue weighted by Crippen LogP contribution is -2.36. The topological polar surface area (TPSA) is 35.5 Å². The predicted octanol–water partition coefficient (Wildman–Crippen LogP) is 2.49. The maximum absolute atomic E-state index is 10.8. The zero-order valence-corrected chi connectivity index (χ0v) is 9.22. The van der Waals surface area contributed by atoms with Crippen molar-refractivity contribution in [2.75, 3.05) is 0 Å². The van der Waals surface area contributed by atoms with Gasteiger partial charge in [0.25, 0.3) is 0 Å². The Morgan fingerprint density at radius 2 is 2.00 bits per heavy atom. The van der Waals surface area contributed by atoms with E-state index < -0.39 is 5.79 Å².